The highest BCUT2D eigenvalue weighted by molar-refractivity contribution is 9.10. The Morgan fingerprint density at radius 3 is 2.48 bits per heavy atom. The van der Waals surface area contributed by atoms with E-state index in [1.807, 2.05) is 48.5 Å². The number of halogens is 2. The molecule has 1 aliphatic rings. The van der Waals surface area contributed by atoms with Gasteiger partial charge in [0.25, 0.3) is 0 Å². The van der Waals surface area contributed by atoms with Crippen LogP contribution in [0, 0.1) is 0 Å². The third-order valence-corrected chi connectivity index (χ3v) is 6.41. The number of nitrogens with zero attached hydrogens (tertiary/aromatic N) is 1. The molecule has 0 saturated heterocycles. The Labute approximate surface area is 179 Å². The summed E-state index contributed by atoms with van der Waals surface area (Å²) in [6, 6.07) is 24.5. The first-order chi connectivity index (χ1) is 13.2. The van der Waals surface area contributed by atoms with Gasteiger partial charge in [-0.15, -0.1) is 0 Å². The van der Waals surface area contributed by atoms with Crippen molar-refractivity contribution in [2.75, 3.05) is 0 Å². The van der Waals surface area contributed by atoms with Crippen molar-refractivity contribution < 1.29 is 4.74 Å². The maximum absolute atomic E-state index is 5.95. The van der Waals surface area contributed by atoms with Gasteiger partial charge >= 0.3 is 0 Å². The quantitative estimate of drug-likeness (QED) is 0.432. The summed E-state index contributed by atoms with van der Waals surface area (Å²) in [7, 11) is 0. The molecule has 0 bridgehead atoms. The van der Waals surface area contributed by atoms with E-state index in [0.717, 1.165) is 36.4 Å². The zero-order valence-electron chi connectivity index (χ0n) is 14.2. The topological polar surface area (TPSA) is 33.6 Å². The molecule has 3 nitrogen and oxygen atoms in total. The van der Waals surface area contributed by atoms with Crippen LogP contribution in [-0.2, 0) is 6.61 Å². The predicted molar refractivity (Wildman–Crippen MR) is 119 cm³/mol. The van der Waals surface area contributed by atoms with Crippen LogP contribution in [0.25, 0.3) is 0 Å². The van der Waals surface area contributed by atoms with Crippen LogP contribution >= 0.6 is 43.6 Å². The lowest BCUT2D eigenvalue weighted by Crippen LogP contribution is -2.06. The van der Waals surface area contributed by atoms with Crippen LogP contribution in [0.5, 0.6) is 5.75 Å². The highest BCUT2D eigenvalue weighted by Gasteiger charge is 2.22. The van der Waals surface area contributed by atoms with Crippen LogP contribution in [0.4, 0.5) is 0 Å². The van der Waals surface area contributed by atoms with Crippen LogP contribution in [0.2, 0.25) is 0 Å². The molecule has 0 aromatic heterocycles. The number of hydrogen-bond donors (Lipinski definition) is 1. The second kappa shape index (κ2) is 8.50. The minimum absolute atomic E-state index is 0.0945. The maximum Gasteiger partial charge on any atom is 0.134 e. The first kappa shape index (κ1) is 18.6. The third kappa shape index (κ3) is 4.57. The van der Waals surface area contributed by atoms with Crippen molar-refractivity contribution in [1.82, 2.24) is 5.43 Å². The molecule has 0 spiro atoms. The van der Waals surface area contributed by atoms with E-state index in [-0.39, 0.29) is 5.37 Å². The molecule has 0 saturated carbocycles. The normalized spacial score (nSPS) is 15.9. The van der Waals surface area contributed by atoms with Crippen LogP contribution < -0.4 is 10.2 Å². The fraction of sp³-hybridized carbons (Fsp3) is 0.0952. The van der Waals surface area contributed by atoms with E-state index in [0.29, 0.717) is 6.61 Å². The van der Waals surface area contributed by atoms with Crippen molar-refractivity contribution in [3.63, 3.8) is 0 Å². The average Bonchev–Trinajstić information content (AvgIpc) is 3.19. The summed E-state index contributed by atoms with van der Waals surface area (Å²) in [6.45, 7) is 0.531. The van der Waals surface area contributed by atoms with Gasteiger partial charge in [-0.2, -0.15) is 5.10 Å². The summed E-state index contributed by atoms with van der Waals surface area (Å²) >= 11 is 8.79. The third-order valence-electron chi connectivity index (χ3n) is 4.10. The van der Waals surface area contributed by atoms with Gasteiger partial charge in [-0.1, -0.05) is 76.2 Å². The number of thioether (sulfide) groups is 1. The lowest BCUT2D eigenvalue weighted by molar-refractivity contribution is 0.304. The standard InChI is InChI=1S/C21H16Br2N2OS/c22-17-9-6-14(7-10-17)13-26-19-11-8-16(12-18(19)23)21-25-24-20(27-21)15-4-2-1-3-5-15/h1-12,21,25H,13H2/t21-/m1/s1. The fourth-order valence-corrected chi connectivity index (χ4v) is 4.44. The second-order valence-corrected chi connectivity index (χ2v) is 8.88. The highest BCUT2D eigenvalue weighted by atomic mass is 79.9. The van der Waals surface area contributed by atoms with E-state index >= 15 is 0 Å². The van der Waals surface area contributed by atoms with Crippen molar-refractivity contribution in [3.8, 4) is 5.75 Å². The Bertz CT molecular complexity index is 962. The molecule has 3 aromatic carbocycles. The Kier molecular flexibility index (Phi) is 5.86. The first-order valence-electron chi connectivity index (χ1n) is 8.41. The van der Waals surface area contributed by atoms with Crippen molar-refractivity contribution >= 4 is 48.7 Å². The molecule has 1 heterocycles. The first-order valence-corrected chi connectivity index (χ1v) is 10.9. The zero-order valence-corrected chi connectivity index (χ0v) is 18.2. The van der Waals surface area contributed by atoms with Gasteiger partial charge in [0.15, 0.2) is 0 Å². The molecule has 4 rings (SSSR count). The van der Waals surface area contributed by atoms with Crippen LogP contribution in [-0.4, -0.2) is 5.04 Å². The molecule has 1 aliphatic heterocycles. The van der Waals surface area contributed by atoms with Gasteiger partial charge in [0.05, 0.1) is 4.47 Å². The Morgan fingerprint density at radius 2 is 1.74 bits per heavy atom. The van der Waals surface area contributed by atoms with Gasteiger partial charge in [0.1, 0.15) is 22.8 Å². The summed E-state index contributed by atoms with van der Waals surface area (Å²) in [4.78, 5) is 0. The molecule has 0 radical (unpaired) electrons. The van der Waals surface area contributed by atoms with E-state index < -0.39 is 0 Å². The molecular formula is C21H16Br2N2OS. The largest absolute Gasteiger partial charge is 0.488 e. The molecule has 0 aliphatic carbocycles. The second-order valence-electron chi connectivity index (χ2n) is 6.01. The minimum atomic E-state index is 0.0945. The van der Waals surface area contributed by atoms with Crippen molar-refractivity contribution in [1.29, 1.82) is 0 Å². The Hall–Kier alpha value is -1.76. The van der Waals surface area contributed by atoms with E-state index in [1.165, 1.54) is 0 Å². The lowest BCUT2D eigenvalue weighted by atomic mass is 10.2. The van der Waals surface area contributed by atoms with E-state index in [4.69, 9.17) is 4.74 Å². The number of hydrazone groups is 1. The van der Waals surface area contributed by atoms with E-state index in [9.17, 15) is 0 Å². The van der Waals surface area contributed by atoms with Crippen molar-refractivity contribution in [2.45, 2.75) is 12.0 Å². The van der Waals surface area contributed by atoms with Gasteiger partial charge in [-0.05, 0) is 51.3 Å². The smallest absolute Gasteiger partial charge is 0.134 e. The van der Waals surface area contributed by atoms with Crippen molar-refractivity contribution in [2.24, 2.45) is 5.10 Å². The lowest BCUT2D eigenvalue weighted by Gasteiger charge is -2.13. The van der Waals surface area contributed by atoms with Gasteiger partial charge in [0.2, 0.25) is 0 Å². The van der Waals surface area contributed by atoms with Gasteiger partial charge in [-0.3, -0.25) is 5.43 Å². The number of rotatable bonds is 5. The van der Waals surface area contributed by atoms with Crippen LogP contribution in [0.3, 0.4) is 0 Å². The molecule has 3 aromatic rings. The molecule has 27 heavy (non-hydrogen) atoms. The molecule has 6 heteroatoms. The van der Waals surface area contributed by atoms with Crippen LogP contribution in [0.1, 0.15) is 22.1 Å². The molecule has 136 valence electrons. The monoisotopic (exact) mass is 502 g/mol. The summed E-state index contributed by atoms with van der Waals surface area (Å²) in [5.41, 5.74) is 6.63. The van der Waals surface area contributed by atoms with Crippen molar-refractivity contribution in [3.05, 3.63) is 98.4 Å². The highest BCUT2D eigenvalue weighted by Crippen LogP contribution is 2.37. The number of nitrogens with one attached hydrogen (secondary N) is 1. The summed E-state index contributed by atoms with van der Waals surface area (Å²) in [5, 5.41) is 5.58. The number of benzene rings is 3. The van der Waals surface area contributed by atoms with Gasteiger partial charge < -0.3 is 4.74 Å². The Morgan fingerprint density at radius 1 is 0.963 bits per heavy atom. The molecule has 0 fully saturated rings. The summed E-state index contributed by atoms with van der Waals surface area (Å²) < 4.78 is 7.96. The summed E-state index contributed by atoms with van der Waals surface area (Å²) in [6.07, 6.45) is 0. The zero-order chi connectivity index (χ0) is 18.6. The number of hydrogen-bond acceptors (Lipinski definition) is 4. The molecular weight excluding hydrogens is 488 g/mol. The average molecular weight is 504 g/mol. The summed E-state index contributed by atoms with van der Waals surface area (Å²) in [5.74, 6) is 0.828. The minimum Gasteiger partial charge on any atom is -0.488 e. The van der Waals surface area contributed by atoms with Gasteiger partial charge in [-0.25, -0.2) is 0 Å². The van der Waals surface area contributed by atoms with E-state index in [1.54, 1.807) is 11.8 Å². The van der Waals surface area contributed by atoms with Crippen LogP contribution in [0.15, 0.2) is 86.8 Å². The predicted octanol–water partition coefficient (Wildman–Crippen LogP) is 6.49. The van der Waals surface area contributed by atoms with Gasteiger partial charge in [0, 0.05) is 10.0 Å². The number of ether oxygens (including phenoxy) is 1. The molecule has 1 N–H and O–H groups in total. The maximum atomic E-state index is 5.95. The molecule has 0 unspecified atom stereocenters. The van der Waals surface area contributed by atoms with E-state index in [2.05, 4.69) is 66.7 Å². The molecule has 0 amide bonds. The SMILES string of the molecule is Brc1ccc(COc2ccc([C@@H]3NN=C(c4ccccc4)S3)cc2Br)cc1. The Balaban J connectivity index is 1.41. The fourth-order valence-electron chi connectivity index (χ4n) is 2.68. The molecule has 1 atom stereocenters.